The number of rotatable bonds is 0. The largest absolute Gasteiger partial charge is 0.315 e. The van der Waals surface area contributed by atoms with Crippen LogP contribution in [0, 0.1) is 0 Å². The van der Waals surface area contributed by atoms with Crippen molar-refractivity contribution in [2.75, 3.05) is 18.8 Å². The number of nitrogens with one attached hydrogen (secondary N) is 1. The minimum Gasteiger partial charge on any atom is -0.315 e. The van der Waals surface area contributed by atoms with E-state index in [0.717, 1.165) is 25.8 Å². The topological polar surface area (TPSA) is 46.2 Å². The first-order valence-corrected chi connectivity index (χ1v) is 5.75. The van der Waals surface area contributed by atoms with Gasteiger partial charge in [-0.1, -0.05) is 0 Å². The van der Waals surface area contributed by atoms with Crippen LogP contribution < -0.4 is 5.32 Å². The Bertz CT molecular complexity index is 246. The van der Waals surface area contributed by atoms with Gasteiger partial charge in [-0.2, -0.15) is 0 Å². The van der Waals surface area contributed by atoms with Gasteiger partial charge >= 0.3 is 0 Å². The van der Waals surface area contributed by atoms with Gasteiger partial charge in [0.1, 0.15) is 0 Å². The molecule has 2 fully saturated rings. The van der Waals surface area contributed by atoms with E-state index in [1.807, 2.05) is 0 Å². The number of sulfone groups is 1. The Morgan fingerprint density at radius 2 is 2.09 bits per heavy atom. The molecule has 0 amide bonds. The molecule has 0 aromatic heterocycles. The molecule has 1 N–H and O–H groups in total. The molecule has 0 aromatic carbocycles. The molecule has 1 atom stereocenters. The van der Waals surface area contributed by atoms with Gasteiger partial charge in [0.25, 0.3) is 0 Å². The molecule has 2 aliphatic heterocycles. The SMILES string of the molecule is O=S1(=O)CCC[C@]12CCNC2. The van der Waals surface area contributed by atoms with Crippen molar-refractivity contribution in [3.63, 3.8) is 0 Å². The molecule has 2 rings (SSSR count). The smallest absolute Gasteiger partial charge is 0.157 e. The molecule has 2 saturated heterocycles. The van der Waals surface area contributed by atoms with Crippen LogP contribution in [0.4, 0.5) is 0 Å². The van der Waals surface area contributed by atoms with Crippen molar-refractivity contribution in [3.05, 3.63) is 0 Å². The zero-order valence-electron chi connectivity index (χ0n) is 6.47. The van der Waals surface area contributed by atoms with Gasteiger partial charge in [-0.15, -0.1) is 0 Å². The first-order chi connectivity index (χ1) is 5.16. The lowest BCUT2D eigenvalue weighted by Gasteiger charge is -2.19. The van der Waals surface area contributed by atoms with E-state index in [2.05, 4.69) is 5.32 Å². The van der Waals surface area contributed by atoms with Crippen molar-refractivity contribution in [2.45, 2.75) is 24.0 Å². The summed E-state index contributed by atoms with van der Waals surface area (Å²) in [4.78, 5) is 0. The Hall–Kier alpha value is -0.0900. The van der Waals surface area contributed by atoms with Crippen LogP contribution in [-0.4, -0.2) is 32.0 Å². The van der Waals surface area contributed by atoms with Crippen LogP contribution >= 0.6 is 0 Å². The second-order valence-corrected chi connectivity index (χ2v) is 6.04. The van der Waals surface area contributed by atoms with Crippen LogP contribution in [0.2, 0.25) is 0 Å². The molecule has 0 bridgehead atoms. The fourth-order valence-corrected chi connectivity index (χ4v) is 4.30. The van der Waals surface area contributed by atoms with Crippen molar-refractivity contribution in [2.24, 2.45) is 0 Å². The van der Waals surface area contributed by atoms with Crippen LogP contribution in [0.1, 0.15) is 19.3 Å². The number of hydrogen-bond acceptors (Lipinski definition) is 3. The highest BCUT2D eigenvalue weighted by Crippen LogP contribution is 2.36. The van der Waals surface area contributed by atoms with Crippen LogP contribution in [0.3, 0.4) is 0 Å². The molecule has 11 heavy (non-hydrogen) atoms. The van der Waals surface area contributed by atoms with Gasteiger partial charge in [0, 0.05) is 6.54 Å². The molecule has 0 unspecified atom stereocenters. The van der Waals surface area contributed by atoms with Crippen molar-refractivity contribution in [3.8, 4) is 0 Å². The molecular formula is C7H13NO2S. The fraction of sp³-hybridized carbons (Fsp3) is 1.00. The summed E-state index contributed by atoms with van der Waals surface area (Å²) in [5.41, 5.74) is 0. The maximum atomic E-state index is 11.5. The summed E-state index contributed by atoms with van der Waals surface area (Å²) >= 11 is 0. The molecular weight excluding hydrogens is 162 g/mol. The van der Waals surface area contributed by atoms with Gasteiger partial charge in [-0.05, 0) is 25.8 Å². The van der Waals surface area contributed by atoms with Crippen LogP contribution in [0.25, 0.3) is 0 Å². The third-order valence-electron chi connectivity index (χ3n) is 2.91. The predicted molar refractivity (Wildman–Crippen MR) is 43.2 cm³/mol. The predicted octanol–water partition coefficient (Wildman–Crippen LogP) is -0.0729. The Morgan fingerprint density at radius 1 is 1.27 bits per heavy atom. The molecule has 0 aromatic rings. The molecule has 4 heteroatoms. The maximum absolute atomic E-state index is 11.5. The minimum atomic E-state index is -2.75. The molecule has 64 valence electrons. The van der Waals surface area contributed by atoms with E-state index in [-0.39, 0.29) is 4.75 Å². The van der Waals surface area contributed by atoms with E-state index in [4.69, 9.17) is 0 Å². The molecule has 0 saturated carbocycles. The third kappa shape index (κ3) is 0.924. The van der Waals surface area contributed by atoms with E-state index >= 15 is 0 Å². The summed E-state index contributed by atoms with van der Waals surface area (Å²) < 4.78 is 22.7. The van der Waals surface area contributed by atoms with Gasteiger partial charge in [0.2, 0.25) is 0 Å². The summed E-state index contributed by atoms with van der Waals surface area (Å²) in [6.07, 6.45) is 2.57. The lowest BCUT2D eigenvalue weighted by atomic mass is 10.0. The standard InChI is InChI=1S/C7H13NO2S/c9-11(10)5-1-2-7(11)3-4-8-6-7/h8H,1-6H2/t7-/m1/s1. The lowest BCUT2D eigenvalue weighted by molar-refractivity contribution is 0.534. The summed E-state index contributed by atoms with van der Waals surface area (Å²) in [6, 6.07) is 0. The number of hydrogen-bond donors (Lipinski definition) is 1. The first-order valence-electron chi connectivity index (χ1n) is 4.09. The van der Waals surface area contributed by atoms with Gasteiger partial charge in [0.05, 0.1) is 10.5 Å². The van der Waals surface area contributed by atoms with Gasteiger partial charge < -0.3 is 5.32 Å². The third-order valence-corrected chi connectivity index (χ3v) is 5.61. The van der Waals surface area contributed by atoms with E-state index in [9.17, 15) is 8.42 Å². The van der Waals surface area contributed by atoms with E-state index in [1.54, 1.807) is 0 Å². The highest BCUT2D eigenvalue weighted by Gasteiger charge is 2.49. The van der Waals surface area contributed by atoms with Crippen LogP contribution in [0.15, 0.2) is 0 Å². The zero-order chi connectivity index (χ0) is 7.95. The quantitative estimate of drug-likeness (QED) is 0.560. The lowest BCUT2D eigenvalue weighted by Crippen LogP contribution is -2.36. The molecule has 0 aliphatic carbocycles. The molecule has 2 heterocycles. The fourth-order valence-electron chi connectivity index (χ4n) is 2.16. The zero-order valence-corrected chi connectivity index (χ0v) is 7.28. The van der Waals surface area contributed by atoms with Crippen LogP contribution in [-0.2, 0) is 9.84 Å². The average molecular weight is 175 g/mol. The first kappa shape index (κ1) is 7.55. The van der Waals surface area contributed by atoms with Crippen molar-refractivity contribution in [1.29, 1.82) is 0 Å². The van der Waals surface area contributed by atoms with Crippen molar-refractivity contribution >= 4 is 9.84 Å². The molecule has 0 radical (unpaired) electrons. The molecule has 1 spiro atoms. The van der Waals surface area contributed by atoms with Crippen LogP contribution in [0.5, 0.6) is 0 Å². The highest BCUT2D eigenvalue weighted by atomic mass is 32.2. The summed E-state index contributed by atoms with van der Waals surface area (Å²) in [6.45, 7) is 1.56. The normalized spacial score (nSPS) is 41.8. The minimum absolute atomic E-state index is 0.354. The average Bonchev–Trinajstić information content (AvgIpc) is 2.45. The molecule has 2 aliphatic rings. The second kappa shape index (κ2) is 2.20. The Labute approximate surface area is 67.1 Å². The maximum Gasteiger partial charge on any atom is 0.157 e. The van der Waals surface area contributed by atoms with E-state index in [0.29, 0.717) is 12.3 Å². The van der Waals surface area contributed by atoms with E-state index < -0.39 is 9.84 Å². The second-order valence-electron chi connectivity index (χ2n) is 3.53. The van der Waals surface area contributed by atoms with Gasteiger partial charge in [-0.3, -0.25) is 0 Å². The monoisotopic (exact) mass is 175 g/mol. The Morgan fingerprint density at radius 3 is 2.55 bits per heavy atom. The highest BCUT2D eigenvalue weighted by molar-refractivity contribution is 7.93. The Balaban J connectivity index is 2.37. The Kier molecular flexibility index (Phi) is 1.51. The molecule has 3 nitrogen and oxygen atoms in total. The summed E-state index contributed by atoms with van der Waals surface area (Å²) in [7, 11) is -2.75. The van der Waals surface area contributed by atoms with Gasteiger partial charge in [0.15, 0.2) is 9.84 Å². The summed E-state index contributed by atoms with van der Waals surface area (Å²) in [5, 5.41) is 3.13. The van der Waals surface area contributed by atoms with Gasteiger partial charge in [-0.25, -0.2) is 8.42 Å². The van der Waals surface area contributed by atoms with Crippen molar-refractivity contribution < 1.29 is 8.42 Å². The van der Waals surface area contributed by atoms with E-state index in [1.165, 1.54) is 0 Å². The summed E-state index contributed by atoms with van der Waals surface area (Å²) in [5.74, 6) is 0.411. The van der Waals surface area contributed by atoms with Crippen molar-refractivity contribution in [1.82, 2.24) is 5.32 Å².